The number of allylic oxidation sites excluding steroid dienone is 3. The molecule has 1 saturated heterocycles. The molecule has 1 fully saturated rings. The Hall–Kier alpha value is -0.890. The maximum Gasteiger partial charge on any atom is 0.152 e. The minimum Gasteiger partial charge on any atom is -0.367 e. The van der Waals surface area contributed by atoms with Gasteiger partial charge in [0.15, 0.2) is 6.29 Å². The lowest BCUT2D eigenvalue weighted by Gasteiger charge is -2.27. The molecule has 15 heavy (non-hydrogen) atoms. The number of rotatable bonds is 5. The van der Waals surface area contributed by atoms with Crippen LogP contribution in [0, 0.1) is 5.92 Å². The number of carbonyl (C=O) groups is 1. The van der Waals surface area contributed by atoms with Gasteiger partial charge in [-0.3, -0.25) is 0 Å². The van der Waals surface area contributed by atoms with Crippen molar-refractivity contribution < 1.29 is 9.53 Å². The van der Waals surface area contributed by atoms with Gasteiger partial charge in [-0.2, -0.15) is 0 Å². The van der Waals surface area contributed by atoms with Crippen molar-refractivity contribution >= 4 is 6.29 Å². The lowest BCUT2D eigenvalue weighted by molar-refractivity contribution is -0.128. The molecular weight excluding hydrogens is 188 g/mol. The Bertz CT molecular complexity index is 255. The standard InChI is InChI=1S/C13H20O2/c1-3-5-7-12-8-10-15-13(12,11-14)9-6-4-2/h3-6,11-12H,7-10H2,1-2H3/b5-3+,6-4+. The highest BCUT2D eigenvalue weighted by Crippen LogP contribution is 2.36. The van der Waals surface area contributed by atoms with Crippen molar-refractivity contribution in [3.8, 4) is 0 Å². The van der Waals surface area contributed by atoms with Gasteiger partial charge in [0.2, 0.25) is 0 Å². The average Bonchev–Trinajstić information content (AvgIpc) is 2.67. The Balaban J connectivity index is 2.71. The maximum atomic E-state index is 11.2. The van der Waals surface area contributed by atoms with Crippen molar-refractivity contribution in [3.05, 3.63) is 24.3 Å². The van der Waals surface area contributed by atoms with Crippen LogP contribution in [-0.4, -0.2) is 18.5 Å². The van der Waals surface area contributed by atoms with Gasteiger partial charge in [-0.25, -0.2) is 0 Å². The fraction of sp³-hybridized carbons (Fsp3) is 0.615. The normalized spacial score (nSPS) is 31.7. The summed E-state index contributed by atoms with van der Waals surface area (Å²) in [4.78, 5) is 11.2. The van der Waals surface area contributed by atoms with E-state index in [-0.39, 0.29) is 0 Å². The van der Waals surface area contributed by atoms with E-state index in [9.17, 15) is 4.79 Å². The lowest BCUT2D eigenvalue weighted by Crippen LogP contribution is -2.36. The molecule has 0 radical (unpaired) electrons. The molecule has 2 atom stereocenters. The Kier molecular flexibility index (Phi) is 4.76. The van der Waals surface area contributed by atoms with E-state index in [1.54, 1.807) is 0 Å². The van der Waals surface area contributed by atoms with Crippen LogP contribution in [0.3, 0.4) is 0 Å². The van der Waals surface area contributed by atoms with Crippen molar-refractivity contribution in [1.29, 1.82) is 0 Å². The summed E-state index contributed by atoms with van der Waals surface area (Å²) in [5, 5.41) is 0. The third kappa shape index (κ3) is 2.78. The first kappa shape index (κ1) is 12.2. The van der Waals surface area contributed by atoms with Gasteiger partial charge in [0.05, 0.1) is 0 Å². The second-order valence-corrected chi connectivity index (χ2v) is 3.98. The van der Waals surface area contributed by atoms with Crippen LogP contribution in [-0.2, 0) is 9.53 Å². The molecule has 0 aromatic carbocycles. The number of ether oxygens (including phenoxy) is 1. The smallest absolute Gasteiger partial charge is 0.152 e. The first-order valence-electron chi connectivity index (χ1n) is 5.61. The van der Waals surface area contributed by atoms with Crippen molar-refractivity contribution in [3.63, 3.8) is 0 Å². The quantitative estimate of drug-likeness (QED) is 0.513. The molecule has 0 bridgehead atoms. The van der Waals surface area contributed by atoms with Crippen molar-refractivity contribution in [2.75, 3.05) is 6.61 Å². The summed E-state index contributed by atoms with van der Waals surface area (Å²) < 4.78 is 5.65. The Morgan fingerprint density at radius 1 is 1.33 bits per heavy atom. The zero-order valence-electron chi connectivity index (χ0n) is 9.61. The summed E-state index contributed by atoms with van der Waals surface area (Å²) >= 11 is 0. The first-order chi connectivity index (χ1) is 7.29. The Morgan fingerprint density at radius 2 is 2.07 bits per heavy atom. The van der Waals surface area contributed by atoms with Crippen LogP contribution < -0.4 is 0 Å². The monoisotopic (exact) mass is 208 g/mol. The summed E-state index contributed by atoms with van der Waals surface area (Å²) in [6, 6.07) is 0. The molecule has 1 aliphatic heterocycles. The molecule has 1 heterocycles. The third-order valence-electron chi connectivity index (χ3n) is 3.06. The minimum absolute atomic E-state index is 0.336. The molecule has 2 nitrogen and oxygen atoms in total. The largest absolute Gasteiger partial charge is 0.367 e. The topological polar surface area (TPSA) is 26.3 Å². The average molecular weight is 208 g/mol. The predicted octanol–water partition coefficient (Wildman–Crippen LogP) is 2.89. The number of carbonyl (C=O) groups excluding carboxylic acids is 1. The predicted molar refractivity (Wildman–Crippen MR) is 61.7 cm³/mol. The van der Waals surface area contributed by atoms with E-state index >= 15 is 0 Å². The first-order valence-corrected chi connectivity index (χ1v) is 5.61. The van der Waals surface area contributed by atoms with Gasteiger partial charge in [0, 0.05) is 18.9 Å². The molecule has 1 aliphatic rings. The summed E-state index contributed by atoms with van der Waals surface area (Å²) in [6.45, 7) is 4.68. The van der Waals surface area contributed by atoms with E-state index in [1.165, 1.54) is 0 Å². The molecule has 84 valence electrons. The van der Waals surface area contributed by atoms with Crippen LogP contribution in [0.25, 0.3) is 0 Å². The van der Waals surface area contributed by atoms with Crippen LogP contribution in [0.15, 0.2) is 24.3 Å². The SMILES string of the molecule is C/C=C/CC1CCOC1(C=O)C/C=C/C. The van der Waals surface area contributed by atoms with Crippen molar-refractivity contribution in [1.82, 2.24) is 0 Å². The van der Waals surface area contributed by atoms with Gasteiger partial charge in [0.25, 0.3) is 0 Å². The van der Waals surface area contributed by atoms with E-state index in [2.05, 4.69) is 6.08 Å². The van der Waals surface area contributed by atoms with Gasteiger partial charge in [0.1, 0.15) is 5.60 Å². The molecule has 0 aromatic rings. The molecule has 0 amide bonds. The lowest BCUT2D eigenvalue weighted by atomic mass is 9.83. The zero-order chi connectivity index (χ0) is 11.1. The summed E-state index contributed by atoms with van der Waals surface area (Å²) in [5.41, 5.74) is -0.563. The van der Waals surface area contributed by atoms with Crippen LogP contribution >= 0.6 is 0 Å². The van der Waals surface area contributed by atoms with E-state index in [0.717, 1.165) is 19.1 Å². The Morgan fingerprint density at radius 3 is 2.67 bits per heavy atom. The summed E-state index contributed by atoms with van der Waals surface area (Å²) in [7, 11) is 0. The fourth-order valence-electron chi connectivity index (χ4n) is 2.08. The maximum absolute atomic E-state index is 11.2. The van der Waals surface area contributed by atoms with Gasteiger partial charge in [-0.05, 0) is 26.7 Å². The van der Waals surface area contributed by atoms with E-state index in [0.29, 0.717) is 18.9 Å². The molecule has 1 rings (SSSR count). The van der Waals surface area contributed by atoms with Crippen LogP contribution in [0.4, 0.5) is 0 Å². The summed E-state index contributed by atoms with van der Waals surface area (Å²) in [5.74, 6) is 0.336. The molecule has 0 aromatic heterocycles. The van der Waals surface area contributed by atoms with E-state index in [1.807, 2.05) is 32.1 Å². The molecule has 0 aliphatic carbocycles. The number of hydrogen-bond acceptors (Lipinski definition) is 2. The molecule has 2 heteroatoms. The van der Waals surface area contributed by atoms with Crippen molar-refractivity contribution in [2.24, 2.45) is 5.92 Å². The van der Waals surface area contributed by atoms with Crippen LogP contribution in [0.5, 0.6) is 0 Å². The zero-order valence-corrected chi connectivity index (χ0v) is 9.61. The van der Waals surface area contributed by atoms with Crippen LogP contribution in [0.1, 0.15) is 33.1 Å². The van der Waals surface area contributed by atoms with Crippen molar-refractivity contribution in [2.45, 2.75) is 38.7 Å². The minimum atomic E-state index is -0.563. The second-order valence-electron chi connectivity index (χ2n) is 3.98. The third-order valence-corrected chi connectivity index (χ3v) is 3.06. The van der Waals surface area contributed by atoms with Gasteiger partial charge in [-0.1, -0.05) is 24.3 Å². The van der Waals surface area contributed by atoms with Crippen LogP contribution in [0.2, 0.25) is 0 Å². The highest BCUT2D eigenvalue weighted by atomic mass is 16.5. The number of hydrogen-bond donors (Lipinski definition) is 0. The highest BCUT2D eigenvalue weighted by molar-refractivity contribution is 5.64. The van der Waals surface area contributed by atoms with E-state index < -0.39 is 5.60 Å². The number of aldehydes is 1. The molecule has 0 saturated carbocycles. The van der Waals surface area contributed by atoms with Gasteiger partial charge < -0.3 is 9.53 Å². The van der Waals surface area contributed by atoms with Gasteiger partial charge >= 0.3 is 0 Å². The summed E-state index contributed by atoms with van der Waals surface area (Å²) in [6.07, 6.45) is 11.8. The second kappa shape index (κ2) is 5.86. The molecular formula is C13H20O2. The molecule has 0 spiro atoms. The molecule has 0 N–H and O–H groups in total. The van der Waals surface area contributed by atoms with Gasteiger partial charge in [-0.15, -0.1) is 0 Å². The fourth-order valence-corrected chi connectivity index (χ4v) is 2.08. The highest BCUT2D eigenvalue weighted by Gasteiger charge is 2.42. The van der Waals surface area contributed by atoms with E-state index in [4.69, 9.17) is 4.74 Å². The Labute approximate surface area is 92.0 Å². The molecule has 2 unspecified atom stereocenters.